The van der Waals surface area contributed by atoms with E-state index in [1.165, 1.54) is 0 Å². The van der Waals surface area contributed by atoms with Crippen LogP contribution in [0.5, 0.6) is 5.75 Å². The van der Waals surface area contributed by atoms with Crippen LogP contribution in [0.1, 0.15) is 21.5 Å². The number of primary amides is 1. The number of amides is 1. The van der Waals surface area contributed by atoms with Crippen molar-refractivity contribution >= 4 is 39.3 Å². The number of nitrogens with two attached hydrogens (primary N) is 1. The summed E-state index contributed by atoms with van der Waals surface area (Å²) in [7, 11) is 0. The summed E-state index contributed by atoms with van der Waals surface area (Å²) in [6.07, 6.45) is 0. The Labute approximate surface area is 190 Å². The van der Waals surface area contributed by atoms with Gasteiger partial charge in [0.05, 0.1) is 16.1 Å². The summed E-state index contributed by atoms with van der Waals surface area (Å²) in [5.74, 6) is 0.321. The number of aromatic nitrogens is 1. The maximum atomic E-state index is 12.1. The summed E-state index contributed by atoms with van der Waals surface area (Å²) in [5.41, 5.74) is 10.0. The van der Waals surface area contributed by atoms with Crippen molar-refractivity contribution in [2.45, 2.75) is 13.2 Å². The second-order valence-electron chi connectivity index (χ2n) is 7.62. The molecule has 5 aromatic rings. The maximum Gasteiger partial charge on any atom is 0.249 e. The Morgan fingerprint density at radius 3 is 2.56 bits per heavy atom. The SMILES string of the molecule is NC(=O)c1cccc2c1c1[c]ccc(Cl)c1n2Cc1cccc(OCc2ccccc2)c1. The predicted octanol–water partition coefficient (Wildman–Crippen LogP) is 5.97. The number of benzene rings is 4. The zero-order valence-corrected chi connectivity index (χ0v) is 18.0. The summed E-state index contributed by atoms with van der Waals surface area (Å²) in [6, 6.07) is 30.4. The number of fused-ring (bicyclic) bond motifs is 3. The lowest BCUT2D eigenvalue weighted by Gasteiger charge is -2.11. The average molecular weight is 440 g/mol. The van der Waals surface area contributed by atoms with E-state index in [4.69, 9.17) is 22.1 Å². The Morgan fingerprint density at radius 2 is 1.75 bits per heavy atom. The number of halogens is 1. The van der Waals surface area contributed by atoms with Crippen LogP contribution < -0.4 is 10.5 Å². The van der Waals surface area contributed by atoms with Gasteiger partial charge in [-0.3, -0.25) is 4.79 Å². The largest absolute Gasteiger partial charge is 0.489 e. The van der Waals surface area contributed by atoms with Crippen molar-refractivity contribution in [2.75, 3.05) is 0 Å². The van der Waals surface area contributed by atoms with E-state index in [2.05, 4.69) is 10.6 Å². The fraction of sp³-hybridized carbons (Fsp3) is 0.0741. The van der Waals surface area contributed by atoms with Crippen molar-refractivity contribution in [3.63, 3.8) is 0 Å². The van der Waals surface area contributed by atoms with Crippen LogP contribution in [-0.2, 0) is 13.2 Å². The molecule has 5 rings (SSSR count). The Kier molecular flexibility index (Phi) is 5.29. The molecule has 0 spiro atoms. The fourth-order valence-corrected chi connectivity index (χ4v) is 4.35. The zero-order chi connectivity index (χ0) is 22.1. The molecule has 0 aliphatic rings. The highest BCUT2D eigenvalue weighted by atomic mass is 35.5. The highest BCUT2D eigenvalue weighted by Crippen LogP contribution is 2.35. The minimum Gasteiger partial charge on any atom is -0.489 e. The third kappa shape index (κ3) is 3.70. The molecule has 2 N–H and O–H groups in total. The molecule has 0 unspecified atom stereocenters. The molecule has 4 aromatic carbocycles. The molecule has 0 aliphatic carbocycles. The standard InChI is InChI=1S/C27H20ClN2O2/c28-23-13-5-11-21-25-22(27(29)31)12-6-14-24(25)30(26(21)23)16-19-9-4-10-20(15-19)32-17-18-7-2-1-3-8-18/h1-10,12-15H,16-17H2,(H2,29,31). The Bertz CT molecular complexity index is 1440. The molecular weight excluding hydrogens is 420 g/mol. The number of ether oxygens (including phenoxy) is 1. The van der Waals surface area contributed by atoms with Gasteiger partial charge in [0.25, 0.3) is 0 Å². The Morgan fingerprint density at radius 1 is 0.969 bits per heavy atom. The molecule has 0 bridgehead atoms. The minimum atomic E-state index is -0.473. The maximum absolute atomic E-state index is 12.1. The van der Waals surface area contributed by atoms with E-state index in [9.17, 15) is 4.79 Å². The molecule has 4 nitrogen and oxygen atoms in total. The van der Waals surface area contributed by atoms with Crippen molar-refractivity contribution in [1.82, 2.24) is 4.57 Å². The first kappa shape index (κ1) is 20.2. The molecule has 32 heavy (non-hydrogen) atoms. The minimum absolute atomic E-state index is 0.463. The van der Waals surface area contributed by atoms with Gasteiger partial charge in [0, 0.05) is 22.9 Å². The predicted molar refractivity (Wildman–Crippen MR) is 128 cm³/mol. The van der Waals surface area contributed by atoms with E-state index in [-0.39, 0.29) is 0 Å². The van der Waals surface area contributed by atoms with E-state index in [0.717, 1.165) is 38.7 Å². The van der Waals surface area contributed by atoms with Crippen LogP contribution in [-0.4, -0.2) is 10.5 Å². The van der Waals surface area contributed by atoms with Gasteiger partial charge in [-0.15, -0.1) is 0 Å². The topological polar surface area (TPSA) is 57.2 Å². The van der Waals surface area contributed by atoms with Crippen LogP contribution in [0, 0.1) is 6.07 Å². The molecule has 0 aliphatic heterocycles. The van der Waals surface area contributed by atoms with E-state index in [0.29, 0.717) is 23.7 Å². The van der Waals surface area contributed by atoms with Crippen LogP contribution in [0.3, 0.4) is 0 Å². The molecule has 1 aromatic heterocycles. The number of carbonyl (C=O) groups is 1. The number of hydrogen-bond acceptors (Lipinski definition) is 2. The molecule has 0 fully saturated rings. The average Bonchev–Trinajstić information content (AvgIpc) is 3.13. The van der Waals surface area contributed by atoms with Crippen LogP contribution >= 0.6 is 11.6 Å². The summed E-state index contributed by atoms with van der Waals surface area (Å²) in [6.45, 7) is 1.06. The zero-order valence-electron chi connectivity index (χ0n) is 17.2. The first-order chi connectivity index (χ1) is 15.6. The summed E-state index contributed by atoms with van der Waals surface area (Å²) >= 11 is 6.60. The molecule has 1 amide bonds. The van der Waals surface area contributed by atoms with Gasteiger partial charge >= 0.3 is 0 Å². The summed E-state index contributed by atoms with van der Waals surface area (Å²) < 4.78 is 8.10. The summed E-state index contributed by atoms with van der Waals surface area (Å²) in [4.78, 5) is 12.1. The Balaban J connectivity index is 1.56. The molecule has 157 valence electrons. The molecule has 1 heterocycles. The second kappa shape index (κ2) is 8.40. The first-order valence-corrected chi connectivity index (χ1v) is 10.7. The lowest BCUT2D eigenvalue weighted by molar-refractivity contribution is 0.100. The van der Waals surface area contributed by atoms with Gasteiger partial charge in [0.1, 0.15) is 12.4 Å². The van der Waals surface area contributed by atoms with E-state index in [1.54, 1.807) is 12.1 Å². The van der Waals surface area contributed by atoms with Crippen LogP contribution in [0.2, 0.25) is 5.02 Å². The quantitative estimate of drug-likeness (QED) is 0.354. The van der Waals surface area contributed by atoms with Crippen molar-refractivity contribution in [3.8, 4) is 5.75 Å². The monoisotopic (exact) mass is 439 g/mol. The van der Waals surface area contributed by atoms with Gasteiger partial charge in [-0.25, -0.2) is 0 Å². The number of rotatable bonds is 6. The third-order valence-corrected chi connectivity index (χ3v) is 5.83. The lowest BCUT2D eigenvalue weighted by Crippen LogP contribution is -2.11. The number of carbonyl (C=O) groups excluding carboxylic acids is 1. The third-order valence-electron chi connectivity index (χ3n) is 5.53. The number of nitrogens with zero attached hydrogens (tertiary/aromatic N) is 1. The molecule has 1 radical (unpaired) electrons. The lowest BCUT2D eigenvalue weighted by atomic mass is 10.1. The van der Waals surface area contributed by atoms with Gasteiger partial charge < -0.3 is 15.0 Å². The van der Waals surface area contributed by atoms with Crippen molar-refractivity contribution in [3.05, 3.63) is 113 Å². The molecule has 0 saturated heterocycles. The highest BCUT2D eigenvalue weighted by molar-refractivity contribution is 6.36. The van der Waals surface area contributed by atoms with Crippen molar-refractivity contribution < 1.29 is 9.53 Å². The second-order valence-corrected chi connectivity index (χ2v) is 8.03. The van der Waals surface area contributed by atoms with Crippen LogP contribution in [0.4, 0.5) is 0 Å². The normalized spacial score (nSPS) is 11.2. The van der Waals surface area contributed by atoms with Gasteiger partial charge in [-0.1, -0.05) is 66.2 Å². The van der Waals surface area contributed by atoms with Gasteiger partial charge in [-0.05, 0) is 47.5 Å². The highest BCUT2D eigenvalue weighted by Gasteiger charge is 2.18. The van der Waals surface area contributed by atoms with Gasteiger partial charge in [-0.2, -0.15) is 0 Å². The smallest absolute Gasteiger partial charge is 0.249 e. The van der Waals surface area contributed by atoms with Gasteiger partial charge in [0.15, 0.2) is 0 Å². The number of hydrogen-bond donors (Lipinski definition) is 1. The summed E-state index contributed by atoms with van der Waals surface area (Å²) in [5, 5.41) is 2.16. The van der Waals surface area contributed by atoms with E-state index < -0.39 is 5.91 Å². The molecule has 0 atom stereocenters. The first-order valence-electron chi connectivity index (χ1n) is 10.3. The van der Waals surface area contributed by atoms with E-state index >= 15 is 0 Å². The molecule has 0 saturated carbocycles. The van der Waals surface area contributed by atoms with Gasteiger partial charge in [0.2, 0.25) is 5.91 Å². The van der Waals surface area contributed by atoms with Crippen LogP contribution in [0.15, 0.2) is 84.9 Å². The van der Waals surface area contributed by atoms with Crippen molar-refractivity contribution in [2.24, 2.45) is 5.73 Å². The molecule has 5 heteroatoms. The van der Waals surface area contributed by atoms with E-state index in [1.807, 2.05) is 72.8 Å². The van der Waals surface area contributed by atoms with Crippen molar-refractivity contribution in [1.29, 1.82) is 0 Å². The Hall–Kier alpha value is -3.76. The fourth-order valence-electron chi connectivity index (χ4n) is 4.09. The molecular formula is C27H20ClN2O2. The van der Waals surface area contributed by atoms with Crippen LogP contribution in [0.25, 0.3) is 21.8 Å².